The molecule has 4 heteroatoms. The van der Waals surface area contributed by atoms with Gasteiger partial charge in [-0.2, -0.15) is 0 Å². The molecule has 1 unspecified atom stereocenters. The van der Waals surface area contributed by atoms with Crippen molar-refractivity contribution in [2.24, 2.45) is 0 Å². The summed E-state index contributed by atoms with van der Waals surface area (Å²) in [6, 6.07) is 8.15. The molecule has 0 radical (unpaired) electrons. The van der Waals surface area contributed by atoms with Gasteiger partial charge in [0, 0.05) is 17.1 Å². The molecule has 1 aromatic rings. The minimum atomic E-state index is -0.474. The van der Waals surface area contributed by atoms with Crippen LogP contribution in [0.25, 0.3) is 0 Å². The Kier molecular flexibility index (Phi) is 6.40. The molecule has 0 aliphatic carbocycles. The fourth-order valence-electron chi connectivity index (χ4n) is 1.31. The zero-order chi connectivity index (χ0) is 12.7. The first kappa shape index (κ1) is 14.4. The monoisotopic (exact) mass is 255 g/mol. The van der Waals surface area contributed by atoms with Crippen LogP contribution in [0.4, 0.5) is 5.69 Å². The standard InChI is InChI=1S/C13H21NO2S/c1-10(2)16-9-12(15)8-14-11-4-6-13(17-3)7-5-11/h4-7,10,12,14-15H,8-9H2,1-3H3. The van der Waals surface area contributed by atoms with Crippen LogP contribution in [0.15, 0.2) is 29.2 Å². The number of hydrogen-bond acceptors (Lipinski definition) is 4. The molecule has 0 aromatic heterocycles. The lowest BCUT2D eigenvalue weighted by molar-refractivity contribution is 0.0112. The number of nitrogens with one attached hydrogen (secondary N) is 1. The molecule has 0 bridgehead atoms. The quantitative estimate of drug-likeness (QED) is 0.735. The Morgan fingerprint density at radius 1 is 1.29 bits per heavy atom. The van der Waals surface area contributed by atoms with Crippen molar-refractivity contribution >= 4 is 17.4 Å². The van der Waals surface area contributed by atoms with Crippen LogP contribution in [0, 0.1) is 0 Å². The summed E-state index contributed by atoms with van der Waals surface area (Å²) in [6.45, 7) is 4.79. The first-order valence-electron chi connectivity index (χ1n) is 5.79. The normalized spacial score (nSPS) is 12.8. The Balaban J connectivity index is 2.29. The predicted octanol–water partition coefficient (Wildman–Crippen LogP) is 2.61. The molecule has 1 atom stereocenters. The lowest BCUT2D eigenvalue weighted by Crippen LogP contribution is -2.26. The molecule has 2 N–H and O–H groups in total. The van der Waals surface area contributed by atoms with Gasteiger partial charge in [0.2, 0.25) is 0 Å². The van der Waals surface area contributed by atoms with Crippen LogP contribution in [0.5, 0.6) is 0 Å². The summed E-state index contributed by atoms with van der Waals surface area (Å²) in [7, 11) is 0. The molecule has 1 rings (SSSR count). The van der Waals surface area contributed by atoms with Crippen LogP contribution in [-0.2, 0) is 4.74 Å². The van der Waals surface area contributed by atoms with Crippen molar-refractivity contribution in [1.82, 2.24) is 0 Å². The highest BCUT2D eigenvalue weighted by Crippen LogP contribution is 2.17. The van der Waals surface area contributed by atoms with E-state index < -0.39 is 6.10 Å². The first-order valence-corrected chi connectivity index (χ1v) is 7.02. The Hall–Kier alpha value is -0.710. The van der Waals surface area contributed by atoms with E-state index in [9.17, 15) is 5.11 Å². The van der Waals surface area contributed by atoms with Gasteiger partial charge >= 0.3 is 0 Å². The van der Waals surface area contributed by atoms with Gasteiger partial charge in [0.25, 0.3) is 0 Å². The molecule has 0 saturated heterocycles. The third kappa shape index (κ3) is 5.96. The van der Waals surface area contributed by atoms with E-state index in [1.54, 1.807) is 11.8 Å². The minimum absolute atomic E-state index is 0.158. The van der Waals surface area contributed by atoms with Crippen molar-refractivity contribution in [3.63, 3.8) is 0 Å². The lowest BCUT2D eigenvalue weighted by Gasteiger charge is -2.15. The van der Waals surface area contributed by atoms with Crippen LogP contribution >= 0.6 is 11.8 Å². The van der Waals surface area contributed by atoms with Gasteiger partial charge in [-0.1, -0.05) is 0 Å². The lowest BCUT2D eigenvalue weighted by atomic mass is 10.3. The van der Waals surface area contributed by atoms with Crippen LogP contribution in [0.3, 0.4) is 0 Å². The molecule has 0 aliphatic heterocycles. The summed E-state index contributed by atoms with van der Waals surface area (Å²) in [6.07, 6.45) is 1.73. The van der Waals surface area contributed by atoms with Gasteiger partial charge < -0.3 is 15.2 Å². The number of anilines is 1. The van der Waals surface area contributed by atoms with E-state index in [2.05, 4.69) is 23.7 Å². The van der Waals surface area contributed by atoms with E-state index in [0.29, 0.717) is 13.2 Å². The molecule has 0 saturated carbocycles. The Morgan fingerprint density at radius 2 is 1.94 bits per heavy atom. The summed E-state index contributed by atoms with van der Waals surface area (Å²) in [5.41, 5.74) is 1.02. The maximum atomic E-state index is 9.67. The summed E-state index contributed by atoms with van der Waals surface area (Å²) in [4.78, 5) is 1.24. The zero-order valence-electron chi connectivity index (χ0n) is 10.6. The van der Waals surface area contributed by atoms with Gasteiger partial charge in [0.15, 0.2) is 0 Å². The van der Waals surface area contributed by atoms with Gasteiger partial charge in [-0.25, -0.2) is 0 Å². The number of benzene rings is 1. The molecular weight excluding hydrogens is 234 g/mol. The van der Waals surface area contributed by atoms with E-state index in [0.717, 1.165) is 5.69 Å². The van der Waals surface area contributed by atoms with E-state index in [1.807, 2.05) is 26.0 Å². The summed E-state index contributed by atoms with van der Waals surface area (Å²) in [5.74, 6) is 0. The molecule has 0 fully saturated rings. The minimum Gasteiger partial charge on any atom is -0.389 e. The Labute approximate surface area is 108 Å². The van der Waals surface area contributed by atoms with Crippen LogP contribution in [0.1, 0.15) is 13.8 Å². The highest BCUT2D eigenvalue weighted by atomic mass is 32.2. The van der Waals surface area contributed by atoms with Gasteiger partial charge in [0.1, 0.15) is 0 Å². The molecule has 1 aromatic carbocycles. The molecule has 3 nitrogen and oxygen atoms in total. The van der Waals surface area contributed by atoms with Gasteiger partial charge in [-0.3, -0.25) is 0 Å². The van der Waals surface area contributed by atoms with Crippen LogP contribution < -0.4 is 5.32 Å². The third-order valence-corrected chi connectivity index (χ3v) is 3.00. The van der Waals surface area contributed by atoms with Crippen molar-refractivity contribution in [2.45, 2.75) is 31.0 Å². The average Bonchev–Trinajstić information content (AvgIpc) is 2.34. The number of aliphatic hydroxyl groups is 1. The molecule has 96 valence electrons. The molecular formula is C13H21NO2S. The third-order valence-electron chi connectivity index (χ3n) is 2.25. The number of aliphatic hydroxyl groups excluding tert-OH is 1. The van der Waals surface area contributed by atoms with Crippen molar-refractivity contribution in [3.05, 3.63) is 24.3 Å². The molecule has 0 amide bonds. The molecule has 0 heterocycles. The largest absolute Gasteiger partial charge is 0.389 e. The SMILES string of the molecule is CSc1ccc(NCC(O)COC(C)C)cc1. The first-order chi connectivity index (χ1) is 8.11. The fraction of sp³-hybridized carbons (Fsp3) is 0.538. The van der Waals surface area contributed by atoms with Crippen molar-refractivity contribution in [1.29, 1.82) is 0 Å². The summed E-state index contributed by atoms with van der Waals surface area (Å²) < 4.78 is 5.34. The van der Waals surface area contributed by atoms with Crippen molar-refractivity contribution in [3.8, 4) is 0 Å². The van der Waals surface area contributed by atoms with E-state index in [-0.39, 0.29) is 6.10 Å². The van der Waals surface area contributed by atoms with E-state index in [4.69, 9.17) is 4.74 Å². The van der Waals surface area contributed by atoms with Crippen molar-refractivity contribution < 1.29 is 9.84 Å². The maximum Gasteiger partial charge on any atom is 0.0945 e. The Bertz CT molecular complexity index is 314. The highest BCUT2D eigenvalue weighted by molar-refractivity contribution is 7.98. The Morgan fingerprint density at radius 3 is 2.47 bits per heavy atom. The average molecular weight is 255 g/mol. The van der Waals surface area contributed by atoms with Crippen LogP contribution in [-0.4, -0.2) is 36.7 Å². The summed E-state index contributed by atoms with van der Waals surface area (Å²) >= 11 is 1.72. The topological polar surface area (TPSA) is 41.5 Å². The van der Waals surface area contributed by atoms with E-state index >= 15 is 0 Å². The second-order valence-corrected chi connectivity index (χ2v) is 5.02. The summed E-state index contributed by atoms with van der Waals surface area (Å²) in [5, 5.41) is 12.8. The fourth-order valence-corrected chi connectivity index (χ4v) is 1.72. The highest BCUT2D eigenvalue weighted by Gasteiger charge is 2.05. The molecule has 0 spiro atoms. The van der Waals surface area contributed by atoms with E-state index in [1.165, 1.54) is 4.90 Å². The van der Waals surface area contributed by atoms with Crippen LogP contribution in [0.2, 0.25) is 0 Å². The number of hydrogen-bond donors (Lipinski definition) is 2. The predicted molar refractivity (Wildman–Crippen MR) is 73.8 cm³/mol. The maximum absolute atomic E-state index is 9.67. The van der Waals surface area contributed by atoms with Gasteiger partial charge in [0.05, 0.1) is 18.8 Å². The van der Waals surface area contributed by atoms with Gasteiger partial charge in [-0.05, 0) is 44.4 Å². The zero-order valence-corrected chi connectivity index (χ0v) is 11.5. The molecule has 0 aliphatic rings. The molecule has 17 heavy (non-hydrogen) atoms. The van der Waals surface area contributed by atoms with Crippen molar-refractivity contribution in [2.75, 3.05) is 24.7 Å². The number of ether oxygens (including phenoxy) is 1. The second kappa shape index (κ2) is 7.58. The van der Waals surface area contributed by atoms with Gasteiger partial charge in [-0.15, -0.1) is 11.8 Å². The smallest absolute Gasteiger partial charge is 0.0945 e. The number of rotatable bonds is 7. The second-order valence-electron chi connectivity index (χ2n) is 4.15. The number of thioether (sulfide) groups is 1.